The summed E-state index contributed by atoms with van der Waals surface area (Å²) in [6, 6.07) is 9.09. The summed E-state index contributed by atoms with van der Waals surface area (Å²) >= 11 is 0. The number of nitrogens with zero attached hydrogens (tertiary/aromatic N) is 2. The van der Waals surface area contributed by atoms with Gasteiger partial charge in [-0.3, -0.25) is 4.79 Å². The van der Waals surface area contributed by atoms with Crippen molar-refractivity contribution in [2.45, 2.75) is 6.54 Å². The van der Waals surface area contributed by atoms with Crippen LogP contribution in [0.4, 0.5) is 0 Å². The molecule has 2 aromatic rings. The third-order valence-electron chi connectivity index (χ3n) is 2.10. The zero-order chi connectivity index (χ0) is 11.2. The molecule has 0 unspecified atom stereocenters. The van der Waals surface area contributed by atoms with Gasteiger partial charge in [-0.2, -0.15) is 0 Å². The average Bonchev–Trinajstić information content (AvgIpc) is 2.38. The summed E-state index contributed by atoms with van der Waals surface area (Å²) in [5.74, 6) is -0.0931. The van der Waals surface area contributed by atoms with Crippen LogP contribution in [0.25, 0.3) is 0 Å². The molecule has 0 aliphatic carbocycles. The highest BCUT2D eigenvalue weighted by atomic mass is 16.1. The first-order valence-electron chi connectivity index (χ1n) is 4.93. The number of carbonyl (C=O) groups excluding carboxylic acids is 1. The molecule has 4 nitrogen and oxygen atoms in total. The fourth-order valence-electron chi connectivity index (χ4n) is 1.30. The Hall–Kier alpha value is -2.23. The Morgan fingerprint density at radius 1 is 1.12 bits per heavy atom. The van der Waals surface area contributed by atoms with E-state index in [1.54, 1.807) is 24.5 Å². The number of hydrogen-bond acceptors (Lipinski definition) is 3. The molecule has 4 heteroatoms. The Labute approximate surface area is 93.4 Å². The lowest BCUT2D eigenvalue weighted by molar-refractivity contribution is 0.0951. The number of carbonyl (C=O) groups is 1. The van der Waals surface area contributed by atoms with E-state index in [0.717, 1.165) is 5.56 Å². The van der Waals surface area contributed by atoms with Crippen LogP contribution in [0.15, 0.2) is 49.1 Å². The molecular formula is C12H11N3O. The summed E-state index contributed by atoms with van der Waals surface area (Å²) in [7, 11) is 0. The number of aromatic nitrogens is 2. The maximum atomic E-state index is 11.7. The maximum absolute atomic E-state index is 11.7. The summed E-state index contributed by atoms with van der Waals surface area (Å²) in [5.41, 5.74) is 1.53. The van der Waals surface area contributed by atoms with Crippen molar-refractivity contribution in [2.24, 2.45) is 0 Å². The minimum absolute atomic E-state index is 0.0931. The van der Waals surface area contributed by atoms with E-state index < -0.39 is 0 Å². The average molecular weight is 213 g/mol. The van der Waals surface area contributed by atoms with Crippen molar-refractivity contribution in [3.05, 3.63) is 60.2 Å². The van der Waals surface area contributed by atoms with Crippen LogP contribution in [0.5, 0.6) is 0 Å². The van der Waals surface area contributed by atoms with E-state index in [9.17, 15) is 4.79 Å². The lowest BCUT2D eigenvalue weighted by atomic mass is 10.2. The Bertz CT molecular complexity index is 456. The number of hydrogen-bond donors (Lipinski definition) is 1. The van der Waals surface area contributed by atoms with Crippen LogP contribution in [0.1, 0.15) is 15.9 Å². The van der Waals surface area contributed by atoms with Gasteiger partial charge in [-0.25, -0.2) is 9.97 Å². The van der Waals surface area contributed by atoms with Gasteiger partial charge in [0.2, 0.25) is 0 Å². The van der Waals surface area contributed by atoms with Crippen LogP contribution in [0.3, 0.4) is 0 Å². The van der Waals surface area contributed by atoms with Gasteiger partial charge in [0.15, 0.2) is 0 Å². The van der Waals surface area contributed by atoms with Gasteiger partial charge < -0.3 is 5.32 Å². The molecule has 80 valence electrons. The molecule has 0 radical (unpaired) electrons. The Kier molecular flexibility index (Phi) is 3.23. The molecule has 0 aliphatic heterocycles. The third kappa shape index (κ3) is 2.63. The van der Waals surface area contributed by atoms with E-state index in [1.165, 1.54) is 6.33 Å². The molecule has 2 rings (SSSR count). The van der Waals surface area contributed by atoms with Gasteiger partial charge in [0.25, 0.3) is 5.91 Å². The zero-order valence-electron chi connectivity index (χ0n) is 8.63. The van der Waals surface area contributed by atoms with E-state index in [1.807, 2.05) is 18.2 Å². The molecule has 1 aromatic heterocycles. The highest BCUT2D eigenvalue weighted by Gasteiger charge is 2.03. The predicted octanol–water partition coefficient (Wildman–Crippen LogP) is 1.41. The molecule has 0 saturated heterocycles. The Morgan fingerprint density at radius 2 is 1.81 bits per heavy atom. The van der Waals surface area contributed by atoms with Crippen molar-refractivity contribution in [3.8, 4) is 0 Å². The van der Waals surface area contributed by atoms with Crippen molar-refractivity contribution in [1.29, 1.82) is 0 Å². The van der Waals surface area contributed by atoms with E-state index in [-0.39, 0.29) is 5.91 Å². The standard InChI is InChI=1S/C12H11N3O/c16-12(11-4-2-1-3-5-11)15-8-10-6-13-9-14-7-10/h1-7,9H,8H2,(H,15,16). The molecule has 0 aliphatic rings. The van der Waals surface area contributed by atoms with Gasteiger partial charge in [0.1, 0.15) is 6.33 Å². The lowest BCUT2D eigenvalue weighted by Crippen LogP contribution is -2.22. The Balaban J connectivity index is 1.95. The quantitative estimate of drug-likeness (QED) is 0.838. The van der Waals surface area contributed by atoms with E-state index in [4.69, 9.17) is 0 Å². The molecule has 0 spiro atoms. The highest BCUT2D eigenvalue weighted by molar-refractivity contribution is 5.94. The monoisotopic (exact) mass is 213 g/mol. The number of benzene rings is 1. The predicted molar refractivity (Wildman–Crippen MR) is 59.6 cm³/mol. The number of rotatable bonds is 3. The molecule has 0 bridgehead atoms. The van der Waals surface area contributed by atoms with E-state index in [2.05, 4.69) is 15.3 Å². The normalized spacial score (nSPS) is 9.75. The summed E-state index contributed by atoms with van der Waals surface area (Å²) in [6.45, 7) is 0.439. The smallest absolute Gasteiger partial charge is 0.251 e. The van der Waals surface area contributed by atoms with Crippen molar-refractivity contribution in [2.75, 3.05) is 0 Å². The SMILES string of the molecule is O=C(NCc1cncnc1)c1ccccc1. The molecule has 1 heterocycles. The minimum atomic E-state index is -0.0931. The van der Waals surface area contributed by atoms with Gasteiger partial charge in [-0.1, -0.05) is 18.2 Å². The molecular weight excluding hydrogens is 202 g/mol. The molecule has 1 aromatic carbocycles. The van der Waals surface area contributed by atoms with Gasteiger partial charge >= 0.3 is 0 Å². The molecule has 16 heavy (non-hydrogen) atoms. The van der Waals surface area contributed by atoms with Gasteiger partial charge in [-0.05, 0) is 12.1 Å². The lowest BCUT2D eigenvalue weighted by Gasteiger charge is -2.04. The van der Waals surface area contributed by atoms with Gasteiger partial charge in [0, 0.05) is 30.1 Å². The van der Waals surface area contributed by atoms with Crippen molar-refractivity contribution in [1.82, 2.24) is 15.3 Å². The highest BCUT2D eigenvalue weighted by Crippen LogP contribution is 1.99. The maximum Gasteiger partial charge on any atom is 0.251 e. The number of amides is 1. The molecule has 0 atom stereocenters. The first-order chi connectivity index (χ1) is 7.86. The third-order valence-corrected chi connectivity index (χ3v) is 2.10. The van der Waals surface area contributed by atoms with Crippen LogP contribution < -0.4 is 5.32 Å². The van der Waals surface area contributed by atoms with Crippen LogP contribution in [-0.4, -0.2) is 15.9 Å². The van der Waals surface area contributed by atoms with Gasteiger partial charge in [-0.15, -0.1) is 0 Å². The van der Waals surface area contributed by atoms with E-state index >= 15 is 0 Å². The second-order valence-corrected chi connectivity index (χ2v) is 3.30. The van der Waals surface area contributed by atoms with E-state index in [0.29, 0.717) is 12.1 Å². The van der Waals surface area contributed by atoms with Crippen LogP contribution in [-0.2, 0) is 6.54 Å². The van der Waals surface area contributed by atoms with Crippen molar-refractivity contribution >= 4 is 5.91 Å². The first-order valence-corrected chi connectivity index (χ1v) is 4.93. The fraction of sp³-hybridized carbons (Fsp3) is 0.0833. The van der Waals surface area contributed by atoms with Crippen molar-refractivity contribution < 1.29 is 4.79 Å². The molecule has 1 amide bonds. The summed E-state index contributed by atoms with van der Waals surface area (Å²) in [6.07, 6.45) is 4.82. The number of nitrogens with one attached hydrogen (secondary N) is 1. The summed E-state index contributed by atoms with van der Waals surface area (Å²) in [4.78, 5) is 19.4. The summed E-state index contributed by atoms with van der Waals surface area (Å²) in [5, 5.41) is 2.80. The molecule has 0 fully saturated rings. The fourth-order valence-corrected chi connectivity index (χ4v) is 1.30. The largest absolute Gasteiger partial charge is 0.348 e. The van der Waals surface area contributed by atoms with Crippen LogP contribution in [0, 0.1) is 0 Å². The molecule has 1 N–H and O–H groups in total. The zero-order valence-corrected chi connectivity index (χ0v) is 8.63. The van der Waals surface area contributed by atoms with Crippen LogP contribution in [0.2, 0.25) is 0 Å². The minimum Gasteiger partial charge on any atom is -0.348 e. The Morgan fingerprint density at radius 3 is 2.50 bits per heavy atom. The first kappa shape index (κ1) is 10.3. The summed E-state index contributed by atoms with van der Waals surface area (Å²) < 4.78 is 0. The second kappa shape index (κ2) is 5.02. The van der Waals surface area contributed by atoms with Crippen molar-refractivity contribution in [3.63, 3.8) is 0 Å². The van der Waals surface area contributed by atoms with Gasteiger partial charge in [0.05, 0.1) is 0 Å². The second-order valence-electron chi connectivity index (χ2n) is 3.30. The topological polar surface area (TPSA) is 54.9 Å². The molecule has 0 saturated carbocycles. The van der Waals surface area contributed by atoms with Crippen LogP contribution >= 0.6 is 0 Å².